The molecule has 14 heteroatoms. The van der Waals surface area contributed by atoms with Gasteiger partial charge in [0.2, 0.25) is 11.1 Å². The zero-order valence-electron chi connectivity index (χ0n) is 51.6. The summed E-state index contributed by atoms with van der Waals surface area (Å²) in [6.07, 6.45) is 17.2. The van der Waals surface area contributed by atoms with Crippen LogP contribution < -0.4 is 10.2 Å². The summed E-state index contributed by atoms with van der Waals surface area (Å²) in [7, 11) is -3.55. The number of hydrogen-bond acceptors (Lipinski definition) is 9. The van der Waals surface area contributed by atoms with Crippen LogP contribution in [0.4, 0.5) is 11.4 Å². The molecule has 80 heavy (non-hydrogen) atoms. The van der Waals surface area contributed by atoms with Crippen molar-refractivity contribution in [3.63, 3.8) is 0 Å². The fourth-order valence-corrected chi connectivity index (χ4v) is 16.0. The Morgan fingerprint density at radius 2 is 0.963 bits per heavy atom. The molecule has 0 atom stereocenters. The number of nitrogens with zero attached hydrogens (tertiary/aromatic N) is 1. The normalized spacial score (nSPS) is 23.5. The van der Waals surface area contributed by atoms with E-state index in [2.05, 4.69) is 135 Å². The molecule has 4 fully saturated rings. The SMILES string of the molecule is CC(=O)c1sc(-c2ccccc2)cc1N(C(=O)C1CCC(C)CC1)C1CCC(O[Si](C)(C)C(C)(C)C)CC1.CC(=O)c1sc(-c2ccccc2)cc1NC1CCC(O[Si](C)(C)C(C)(C)C)CC1.CC1CCC(C(=O)Cl)CC1.[CH2-]C.[V]. The summed E-state index contributed by atoms with van der Waals surface area (Å²) in [5.41, 5.74) is 4.09. The number of hydrogen-bond donors (Lipinski definition) is 1. The Bertz CT molecular complexity index is 2540. The number of ketones is 2. The van der Waals surface area contributed by atoms with Crippen LogP contribution in [0, 0.1) is 30.6 Å². The first-order valence-corrected chi connectivity index (χ1v) is 37.7. The number of nitrogens with one attached hydrogen (secondary N) is 1. The van der Waals surface area contributed by atoms with Gasteiger partial charge in [0.05, 0.1) is 21.1 Å². The predicted molar refractivity (Wildman–Crippen MR) is 343 cm³/mol. The van der Waals surface area contributed by atoms with Gasteiger partial charge >= 0.3 is 0 Å². The van der Waals surface area contributed by atoms with Crippen LogP contribution in [0.1, 0.15) is 198 Å². The Hall–Kier alpha value is -2.65. The van der Waals surface area contributed by atoms with E-state index in [4.69, 9.17) is 20.5 Å². The topological polar surface area (TPSA) is 102 Å². The van der Waals surface area contributed by atoms with Gasteiger partial charge in [-0.1, -0.05) is 116 Å². The fraction of sp³-hybridized carbons (Fsp3) is 0.621. The van der Waals surface area contributed by atoms with Crippen molar-refractivity contribution in [2.45, 2.75) is 239 Å². The maximum atomic E-state index is 14.3. The molecule has 4 saturated carbocycles. The van der Waals surface area contributed by atoms with Gasteiger partial charge in [-0.15, -0.1) is 22.7 Å². The first-order chi connectivity index (χ1) is 37.1. The van der Waals surface area contributed by atoms with E-state index in [1.54, 1.807) is 32.1 Å². The van der Waals surface area contributed by atoms with Crippen molar-refractivity contribution < 1.29 is 46.6 Å². The third kappa shape index (κ3) is 19.7. The summed E-state index contributed by atoms with van der Waals surface area (Å²) in [6, 6.07) is 25.3. The molecular weight excluding hydrogens is 1120 g/mol. The Labute approximate surface area is 511 Å². The van der Waals surface area contributed by atoms with Gasteiger partial charge in [-0.3, -0.25) is 19.2 Å². The average Bonchev–Trinajstić information content (AvgIpc) is 4.16. The summed E-state index contributed by atoms with van der Waals surface area (Å²) in [4.78, 5) is 55.9. The van der Waals surface area contributed by atoms with E-state index in [9.17, 15) is 19.2 Å². The van der Waals surface area contributed by atoms with Crippen LogP contribution in [-0.4, -0.2) is 63.6 Å². The third-order valence-corrected chi connectivity index (χ3v) is 29.9. The summed E-state index contributed by atoms with van der Waals surface area (Å²) in [5, 5.41) is 3.99. The molecule has 8 nitrogen and oxygen atoms in total. The van der Waals surface area contributed by atoms with E-state index < -0.39 is 16.6 Å². The number of carbonyl (C=O) groups excluding carboxylic acids is 4. The summed E-state index contributed by atoms with van der Waals surface area (Å²) < 4.78 is 13.4. The van der Waals surface area contributed by atoms with Crippen LogP contribution in [0.2, 0.25) is 36.3 Å². The van der Waals surface area contributed by atoms with Gasteiger partial charge in [-0.2, -0.15) is 6.92 Å². The predicted octanol–water partition coefficient (Wildman–Crippen LogP) is 19.9. The summed E-state index contributed by atoms with van der Waals surface area (Å²) in [5.74, 6) is 2.10. The molecule has 4 aromatic rings. The van der Waals surface area contributed by atoms with Crippen LogP contribution in [0.5, 0.6) is 0 Å². The zero-order valence-corrected chi connectivity index (χ0v) is 57.4. The second-order valence-corrected chi connectivity index (χ2v) is 38.2. The number of Topliss-reactive ketones (excluding diaryl/α,β-unsaturated/α-hetero) is 2. The smallest absolute Gasteiger partial charge is 0.230 e. The van der Waals surface area contributed by atoms with Gasteiger partial charge in [0.25, 0.3) is 0 Å². The molecule has 2 heterocycles. The molecule has 1 radical (unpaired) electrons. The zero-order chi connectivity index (χ0) is 58.5. The van der Waals surface area contributed by atoms with Gasteiger partial charge in [-0.25, -0.2) is 0 Å². The third-order valence-electron chi connectivity index (χ3n) is 18.0. The Kier molecular flexibility index (Phi) is 27.5. The van der Waals surface area contributed by atoms with E-state index in [0.717, 1.165) is 127 Å². The quantitative estimate of drug-likeness (QED) is 0.0581. The number of thiophene rings is 2. The van der Waals surface area contributed by atoms with Gasteiger partial charge in [0.15, 0.2) is 28.2 Å². The molecule has 0 spiro atoms. The molecule has 443 valence electrons. The summed E-state index contributed by atoms with van der Waals surface area (Å²) >= 11 is 8.48. The first-order valence-electron chi connectivity index (χ1n) is 29.9. The van der Waals surface area contributed by atoms with Gasteiger partial charge < -0.3 is 26.0 Å². The molecule has 0 saturated heterocycles. The minimum atomic E-state index is -1.84. The van der Waals surface area contributed by atoms with E-state index in [1.165, 1.54) is 29.7 Å². The molecule has 2 aromatic carbocycles. The van der Waals surface area contributed by atoms with Gasteiger partial charge in [0, 0.05) is 78.3 Å². The Morgan fingerprint density at radius 3 is 1.36 bits per heavy atom. The van der Waals surface area contributed by atoms with Crippen LogP contribution in [0.3, 0.4) is 0 Å². The van der Waals surface area contributed by atoms with Crippen molar-refractivity contribution in [3.8, 4) is 20.9 Å². The number of rotatable bonds is 14. The molecule has 2 aromatic heterocycles. The van der Waals surface area contributed by atoms with Crippen molar-refractivity contribution in [1.29, 1.82) is 0 Å². The molecule has 0 aliphatic heterocycles. The second kappa shape index (κ2) is 31.5. The molecule has 0 unspecified atom stereocenters. The first kappa shape index (κ1) is 69.8. The van der Waals surface area contributed by atoms with Gasteiger partial charge in [-0.05, 0) is 186 Å². The van der Waals surface area contributed by atoms with E-state index >= 15 is 0 Å². The molecule has 4 aliphatic carbocycles. The van der Waals surface area contributed by atoms with E-state index in [0.29, 0.717) is 22.9 Å². The van der Waals surface area contributed by atoms with Crippen molar-refractivity contribution in [1.82, 2.24) is 0 Å². The monoisotopic (exact) mass is 1220 g/mol. The number of benzene rings is 2. The van der Waals surface area contributed by atoms with Crippen molar-refractivity contribution in [3.05, 3.63) is 89.5 Å². The fourth-order valence-electron chi connectivity index (χ4n) is 10.9. The second-order valence-electron chi connectivity index (χ2n) is 26.3. The van der Waals surface area contributed by atoms with Gasteiger partial charge in [0.1, 0.15) is 0 Å². The molecular formula is C66H100ClN2O6S2Si2V-. The van der Waals surface area contributed by atoms with Crippen molar-refractivity contribution in [2.24, 2.45) is 23.7 Å². The molecule has 8 rings (SSSR count). The molecule has 0 bridgehead atoms. The van der Waals surface area contributed by atoms with Crippen molar-refractivity contribution >= 4 is 85.0 Å². The number of amides is 1. The van der Waals surface area contributed by atoms with Crippen LogP contribution in [0.15, 0.2) is 72.8 Å². The minimum Gasteiger partial charge on any atom is -0.414 e. The number of anilines is 2. The van der Waals surface area contributed by atoms with Crippen LogP contribution in [0.25, 0.3) is 20.9 Å². The largest absolute Gasteiger partial charge is 0.414 e. The molecule has 1 N–H and O–H groups in total. The standard InChI is InChI=1S/C32H47NO3SSi.C24H35NO2SSi.C8H13ClO.C2H5.V/c1-22-13-15-25(16-14-22)31(35)33(26-17-19-27(20-18-26)36-38(6,7)32(3,4)5)28-21-29(37-30(28)23(2)34)24-11-9-8-10-12-24;1-17(26)23-21(16-22(28-23)18-10-8-7-9-11-18)25-19-12-14-20(15-13-19)27-29(5,6)24(2,3)4;1-6-2-4-7(5-3-6)8(9)10;1-2;/h8-12,21-22,25-27H,13-20H2,1-7H3;7-11,16,19-20,25H,12-15H2,1-6H3;6-7H,2-5H2,1H3;1H2,2H3;/q;;;-1;. The maximum Gasteiger partial charge on any atom is 0.230 e. The van der Waals surface area contributed by atoms with E-state index in [-0.39, 0.29) is 75.3 Å². The molecule has 4 aliphatic rings. The average molecular weight is 1220 g/mol. The Morgan fingerprint density at radius 1 is 0.575 bits per heavy atom. The van der Waals surface area contributed by atoms with Crippen LogP contribution >= 0.6 is 34.3 Å². The summed E-state index contributed by atoms with van der Waals surface area (Å²) in [6.45, 7) is 35.9. The number of carbonyl (C=O) groups is 4. The molecule has 1 amide bonds. The Balaban J connectivity index is 0.000000289. The minimum absolute atomic E-state index is 0. The van der Waals surface area contributed by atoms with E-state index in [1.807, 2.05) is 36.4 Å². The maximum absolute atomic E-state index is 14.3. The van der Waals surface area contributed by atoms with Crippen LogP contribution in [-0.2, 0) is 37.0 Å². The number of halogens is 1. The van der Waals surface area contributed by atoms with Crippen molar-refractivity contribution in [2.75, 3.05) is 10.2 Å².